The standard InChI is InChI=1S/C24H34N2O4/c1-5-18-10-6-9-16(3)23(18)25-21(27)14-30-24(29)19-12-22(28)26(13-19)20-11-7-8-15(2)17(20)4/h6,9-10,15,17,19-20H,5,7-8,11-14H2,1-4H3,(H,25,27)/t15-,17-,19+,20-/m0/s1. The minimum Gasteiger partial charge on any atom is -0.455 e. The third-order valence-corrected chi connectivity index (χ3v) is 6.91. The molecular formula is C24H34N2O4. The molecule has 1 aromatic rings. The Hall–Kier alpha value is -2.37. The molecule has 0 bridgehead atoms. The Bertz CT molecular complexity index is 806. The van der Waals surface area contributed by atoms with E-state index in [0.717, 1.165) is 36.1 Å². The van der Waals surface area contributed by atoms with Gasteiger partial charge in [0.15, 0.2) is 6.61 Å². The number of amides is 2. The second-order valence-corrected chi connectivity index (χ2v) is 8.90. The van der Waals surface area contributed by atoms with Gasteiger partial charge in [-0.1, -0.05) is 51.8 Å². The number of carbonyl (C=O) groups excluding carboxylic acids is 3. The lowest BCUT2D eigenvalue weighted by Gasteiger charge is -2.39. The fraction of sp³-hybridized carbons (Fsp3) is 0.625. The number of ether oxygens (including phenoxy) is 1. The Labute approximate surface area is 179 Å². The van der Waals surface area contributed by atoms with Gasteiger partial charge in [0.05, 0.1) is 5.92 Å². The topological polar surface area (TPSA) is 75.7 Å². The highest BCUT2D eigenvalue weighted by Gasteiger charge is 2.42. The molecule has 4 atom stereocenters. The molecule has 0 unspecified atom stereocenters. The van der Waals surface area contributed by atoms with Gasteiger partial charge in [0, 0.05) is 24.7 Å². The number of hydrogen-bond acceptors (Lipinski definition) is 4. The number of nitrogens with zero attached hydrogens (tertiary/aromatic N) is 1. The minimum atomic E-state index is -0.487. The Morgan fingerprint density at radius 3 is 2.73 bits per heavy atom. The van der Waals surface area contributed by atoms with Crippen molar-refractivity contribution in [3.63, 3.8) is 0 Å². The highest BCUT2D eigenvalue weighted by atomic mass is 16.5. The van der Waals surface area contributed by atoms with Crippen molar-refractivity contribution in [2.24, 2.45) is 17.8 Å². The fourth-order valence-electron chi connectivity index (χ4n) is 4.84. The van der Waals surface area contributed by atoms with Crippen molar-refractivity contribution < 1.29 is 19.1 Å². The molecule has 1 saturated heterocycles. The summed E-state index contributed by atoms with van der Waals surface area (Å²) in [7, 11) is 0. The Balaban J connectivity index is 1.53. The molecule has 0 radical (unpaired) electrons. The van der Waals surface area contributed by atoms with Gasteiger partial charge in [0.25, 0.3) is 5.91 Å². The molecule has 6 heteroatoms. The number of esters is 1. The number of para-hydroxylation sites is 1. The number of aryl methyl sites for hydroxylation is 2. The van der Waals surface area contributed by atoms with Crippen LogP contribution in [0.1, 0.15) is 57.6 Å². The maximum absolute atomic E-state index is 12.6. The number of likely N-dealkylation sites (tertiary alicyclic amines) is 1. The molecular weight excluding hydrogens is 380 g/mol. The average Bonchev–Trinajstić information content (AvgIpc) is 3.11. The van der Waals surface area contributed by atoms with Crippen molar-refractivity contribution in [2.45, 2.75) is 65.8 Å². The van der Waals surface area contributed by atoms with Crippen molar-refractivity contribution in [1.82, 2.24) is 4.90 Å². The first-order valence-electron chi connectivity index (χ1n) is 11.2. The minimum absolute atomic E-state index is 0.0276. The van der Waals surface area contributed by atoms with Gasteiger partial charge in [0.1, 0.15) is 0 Å². The third kappa shape index (κ3) is 4.85. The van der Waals surface area contributed by atoms with Crippen LogP contribution in [0.15, 0.2) is 18.2 Å². The Kier molecular flexibility index (Phi) is 7.16. The molecule has 1 saturated carbocycles. The summed E-state index contributed by atoms with van der Waals surface area (Å²) in [6, 6.07) is 6.07. The van der Waals surface area contributed by atoms with Crippen LogP contribution in [-0.2, 0) is 25.5 Å². The monoisotopic (exact) mass is 414 g/mol. The zero-order chi connectivity index (χ0) is 21.8. The van der Waals surface area contributed by atoms with E-state index in [0.29, 0.717) is 18.4 Å². The van der Waals surface area contributed by atoms with E-state index >= 15 is 0 Å². The van der Waals surface area contributed by atoms with Crippen LogP contribution < -0.4 is 5.32 Å². The maximum Gasteiger partial charge on any atom is 0.311 e. The van der Waals surface area contributed by atoms with Crippen LogP contribution >= 0.6 is 0 Å². The van der Waals surface area contributed by atoms with Crippen molar-refractivity contribution in [3.8, 4) is 0 Å². The number of rotatable bonds is 6. The van der Waals surface area contributed by atoms with Gasteiger partial charge in [-0.05, 0) is 42.7 Å². The molecule has 0 aromatic heterocycles. The number of hydrogen-bond donors (Lipinski definition) is 1. The fourth-order valence-corrected chi connectivity index (χ4v) is 4.84. The molecule has 30 heavy (non-hydrogen) atoms. The van der Waals surface area contributed by atoms with Crippen LogP contribution in [0.4, 0.5) is 5.69 Å². The normalized spacial score (nSPS) is 26.5. The first-order valence-corrected chi connectivity index (χ1v) is 11.2. The molecule has 1 aromatic carbocycles. The number of anilines is 1. The van der Waals surface area contributed by atoms with Gasteiger partial charge in [-0.2, -0.15) is 0 Å². The van der Waals surface area contributed by atoms with Gasteiger partial charge >= 0.3 is 5.97 Å². The summed E-state index contributed by atoms with van der Waals surface area (Å²) in [6.07, 6.45) is 4.29. The Morgan fingerprint density at radius 1 is 1.23 bits per heavy atom. The summed E-state index contributed by atoms with van der Waals surface area (Å²) in [5, 5.41) is 2.86. The smallest absolute Gasteiger partial charge is 0.311 e. The van der Waals surface area contributed by atoms with Crippen LogP contribution in [0.25, 0.3) is 0 Å². The van der Waals surface area contributed by atoms with E-state index in [1.54, 1.807) is 0 Å². The predicted octanol–water partition coefficient (Wildman–Crippen LogP) is 3.71. The second kappa shape index (κ2) is 9.63. The van der Waals surface area contributed by atoms with Crippen molar-refractivity contribution in [2.75, 3.05) is 18.5 Å². The highest BCUT2D eigenvalue weighted by Crippen LogP contribution is 2.36. The molecule has 2 fully saturated rings. The summed E-state index contributed by atoms with van der Waals surface area (Å²) < 4.78 is 5.28. The molecule has 6 nitrogen and oxygen atoms in total. The molecule has 3 rings (SSSR count). The van der Waals surface area contributed by atoms with Crippen LogP contribution in [0.3, 0.4) is 0 Å². The van der Waals surface area contributed by atoms with Crippen LogP contribution in [0.2, 0.25) is 0 Å². The molecule has 2 amide bonds. The van der Waals surface area contributed by atoms with E-state index in [1.807, 2.05) is 36.9 Å². The summed E-state index contributed by atoms with van der Waals surface area (Å²) in [6.45, 7) is 8.47. The molecule has 1 aliphatic carbocycles. The summed E-state index contributed by atoms with van der Waals surface area (Å²) in [5.41, 5.74) is 2.80. The lowest BCUT2D eigenvalue weighted by Crippen LogP contribution is -2.45. The number of nitrogens with one attached hydrogen (secondary N) is 1. The molecule has 1 heterocycles. The average molecular weight is 415 g/mol. The van der Waals surface area contributed by atoms with Crippen molar-refractivity contribution >= 4 is 23.5 Å². The van der Waals surface area contributed by atoms with Gasteiger partial charge in [0.2, 0.25) is 5.91 Å². The second-order valence-electron chi connectivity index (χ2n) is 8.90. The molecule has 1 aliphatic heterocycles. The first-order chi connectivity index (χ1) is 14.3. The summed E-state index contributed by atoms with van der Waals surface area (Å²) in [5.74, 6) is -0.258. The third-order valence-electron chi connectivity index (χ3n) is 6.91. The lowest BCUT2D eigenvalue weighted by atomic mass is 9.77. The quantitative estimate of drug-likeness (QED) is 0.720. The molecule has 164 valence electrons. The maximum atomic E-state index is 12.6. The summed E-state index contributed by atoms with van der Waals surface area (Å²) in [4.78, 5) is 39.3. The predicted molar refractivity (Wildman–Crippen MR) is 116 cm³/mol. The van der Waals surface area contributed by atoms with E-state index in [-0.39, 0.29) is 30.9 Å². The molecule has 2 aliphatic rings. The number of benzene rings is 1. The Morgan fingerprint density at radius 2 is 2.00 bits per heavy atom. The van der Waals surface area contributed by atoms with Crippen molar-refractivity contribution in [3.05, 3.63) is 29.3 Å². The van der Waals surface area contributed by atoms with E-state index in [1.165, 1.54) is 6.42 Å². The molecule has 1 N–H and O–H groups in total. The molecule has 0 spiro atoms. The van der Waals surface area contributed by atoms with Gasteiger partial charge in [-0.3, -0.25) is 14.4 Å². The van der Waals surface area contributed by atoms with E-state index in [9.17, 15) is 14.4 Å². The van der Waals surface area contributed by atoms with Crippen molar-refractivity contribution in [1.29, 1.82) is 0 Å². The largest absolute Gasteiger partial charge is 0.455 e. The zero-order valence-corrected chi connectivity index (χ0v) is 18.6. The van der Waals surface area contributed by atoms with Crippen LogP contribution in [-0.4, -0.2) is 41.9 Å². The van der Waals surface area contributed by atoms with E-state index in [4.69, 9.17) is 4.74 Å². The zero-order valence-electron chi connectivity index (χ0n) is 18.6. The van der Waals surface area contributed by atoms with Crippen LogP contribution in [0, 0.1) is 24.7 Å². The van der Waals surface area contributed by atoms with Gasteiger partial charge in [-0.25, -0.2) is 0 Å². The lowest BCUT2D eigenvalue weighted by molar-refractivity contribution is -0.151. The van der Waals surface area contributed by atoms with E-state index < -0.39 is 11.9 Å². The first kappa shape index (κ1) is 22.3. The van der Waals surface area contributed by atoms with Gasteiger partial charge < -0.3 is 15.0 Å². The summed E-state index contributed by atoms with van der Waals surface area (Å²) >= 11 is 0. The van der Waals surface area contributed by atoms with Gasteiger partial charge in [-0.15, -0.1) is 0 Å². The SMILES string of the molecule is CCc1cccc(C)c1NC(=O)COC(=O)[C@@H]1CC(=O)N([C@H]2CCC[C@H](C)[C@@H]2C)C1. The highest BCUT2D eigenvalue weighted by molar-refractivity contribution is 5.95. The van der Waals surface area contributed by atoms with Crippen LogP contribution in [0.5, 0.6) is 0 Å². The number of carbonyl (C=O) groups is 3. The van der Waals surface area contributed by atoms with E-state index in [2.05, 4.69) is 19.2 Å².